The van der Waals surface area contributed by atoms with Crippen LogP contribution >= 0.6 is 11.6 Å². The molecule has 0 amide bonds. The second kappa shape index (κ2) is 7.81. The van der Waals surface area contributed by atoms with Crippen molar-refractivity contribution >= 4 is 17.5 Å². The van der Waals surface area contributed by atoms with E-state index in [0.717, 1.165) is 38.3 Å². The van der Waals surface area contributed by atoms with Crippen molar-refractivity contribution in [2.24, 2.45) is 5.92 Å². The van der Waals surface area contributed by atoms with Crippen LogP contribution in [0.15, 0.2) is 23.3 Å². The van der Waals surface area contributed by atoms with Gasteiger partial charge in [0, 0.05) is 37.9 Å². The molecule has 0 aromatic carbocycles. The van der Waals surface area contributed by atoms with Gasteiger partial charge in [-0.05, 0) is 18.8 Å². The quantitative estimate of drug-likeness (QED) is 0.833. The van der Waals surface area contributed by atoms with Crippen LogP contribution in [0, 0.1) is 5.92 Å². The number of H-pyrrole nitrogens is 1. The van der Waals surface area contributed by atoms with Gasteiger partial charge >= 0.3 is 0 Å². The molecule has 2 aromatic heterocycles. The minimum atomic E-state index is -0.159. The van der Waals surface area contributed by atoms with Gasteiger partial charge < -0.3 is 10.1 Å². The molecule has 2 atom stereocenters. The van der Waals surface area contributed by atoms with Crippen LogP contribution in [-0.4, -0.2) is 39.5 Å². The second-order valence-electron chi connectivity index (χ2n) is 6.26. The molecule has 0 radical (unpaired) electrons. The Labute approximate surface area is 145 Å². The molecule has 0 spiro atoms. The van der Waals surface area contributed by atoms with Gasteiger partial charge in [0.25, 0.3) is 5.56 Å². The highest BCUT2D eigenvalue weighted by Gasteiger charge is 2.15. The number of ether oxygens (including phenoxy) is 1. The number of rotatable bonds is 6. The fourth-order valence-electron chi connectivity index (χ4n) is 2.83. The summed E-state index contributed by atoms with van der Waals surface area (Å²) in [4.78, 5) is 19.2. The molecule has 0 saturated carbocycles. The van der Waals surface area contributed by atoms with Crippen LogP contribution in [0.4, 0.5) is 5.95 Å². The highest BCUT2D eigenvalue weighted by molar-refractivity contribution is 6.30. The summed E-state index contributed by atoms with van der Waals surface area (Å²) >= 11 is 5.88. The van der Waals surface area contributed by atoms with Gasteiger partial charge in [0.15, 0.2) is 0 Å². The molecular weight excluding hydrogens is 330 g/mol. The van der Waals surface area contributed by atoms with Crippen molar-refractivity contribution in [3.8, 4) is 0 Å². The predicted molar refractivity (Wildman–Crippen MR) is 92.5 cm³/mol. The average molecular weight is 352 g/mol. The van der Waals surface area contributed by atoms with Crippen molar-refractivity contribution in [2.45, 2.75) is 32.2 Å². The third kappa shape index (κ3) is 4.58. The Morgan fingerprint density at radius 1 is 1.58 bits per heavy atom. The lowest BCUT2D eigenvalue weighted by Gasteiger charge is -2.22. The summed E-state index contributed by atoms with van der Waals surface area (Å²) in [6.45, 7) is 4.97. The van der Waals surface area contributed by atoms with Crippen molar-refractivity contribution in [2.75, 3.05) is 25.1 Å². The Morgan fingerprint density at radius 2 is 2.46 bits per heavy atom. The van der Waals surface area contributed by atoms with Crippen molar-refractivity contribution < 1.29 is 4.74 Å². The lowest BCUT2D eigenvalue weighted by atomic mass is 10.0. The molecule has 1 saturated heterocycles. The van der Waals surface area contributed by atoms with E-state index in [1.54, 1.807) is 17.1 Å². The van der Waals surface area contributed by atoms with Crippen molar-refractivity contribution in [1.29, 1.82) is 0 Å². The Hall–Kier alpha value is -1.86. The number of halogens is 1. The Bertz CT molecular complexity index is 723. The largest absolute Gasteiger partial charge is 0.381 e. The first-order chi connectivity index (χ1) is 11.6. The van der Waals surface area contributed by atoms with Crippen LogP contribution in [0.3, 0.4) is 0 Å². The molecule has 1 aliphatic rings. The zero-order chi connectivity index (χ0) is 16.9. The minimum Gasteiger partial charge on any atom is -0.381 e. The summed E-state index contributed by atoms with van der Waals surface area (Å²) in [6, 6.07) is 1.53. The highest BCUT2D eigenvalue weighted by atomic mass is 35.5. The molecule has 2 N–H and O–H groups in total. The lowest BCUT2D eigenvalue weighted by Crippen LogP contribution is -2.26. The standard InChI is InChI=1S/C16H22ClN5O2/c1-11(8-22-9-13(17)7-19-22)14-5-15(23)21-16(20-14)18-6-12-3-2-4-24-10-12/h5,7,9,11-12H,2-4,6,8,10H2,1H3,(H2,18,20,21,23)/t11-,12-/m1/s1. The topological polar surface area (TPSA) is 84.8 Å². The number of aromatic amines is 1. The monoisotopic (exact) mass is 351 g/mol. The van der Waals surface area contributed by atoms with Gasteiger partial charge in [-0.3, -0.25) is 14.5 Å². The molecular formula is C16H22ClN5O2. The Kier molecular flexibility index (Phi) is 5.52. The predicted octanol–water partition coefficient (Wildman–Crippen LogP) is 2.26. The SMILES string of the molecule is C[C@H](Cn1cc(Cl)cn1)c1cc(=O)[nH]c(NC[C@H]2CCCOC2)n1. The van der Waals surface area contributed by atoms with Crippen LogP contribution in [-0.2, 0) is 11.3 Å². The molecule has 3 rings (SSSR count). The van der Waals surface area contributed by atoms with Crippen LogP contribution < -0.4 is 10.9 Å². The van der Waals surface area contributed by atoms with Gasteiger partial charge in [-0.1, -0.05) is 18.5 Å². The first kappa shape index (κ1) is 17.0. The van der Waals surface area contributed by atoms with Gasteiger partial charge in [0.05, 0.1) is 23.5 Å². The van der Waals surface area contributed by atoms with E-state index < -0.39 is 0 Å². The molecule has 2 aromatic rings. The molecule has 0 aliphatic carbocycles. The van der Waals surface area contributed by atoms with E-state index in [1.165, 1.54) is 6.07 Å². The number of anilines is 1. The van der Waals surface area contributed by atoms with Gasteiger partial charge in [-0.15, -0.1) is 0 Å². The van der Waals surface area contributed by atoms with Gasteiger partial charge in [0.1, 0.15) is 0 Å². The van der Waals surface area contributed by atoms with Crippen LogP contribution in [0.1, 0.15) is 31.4 Å². The fraction of sp³-hybridized carbons (Fsp3) is 0.562. The Morgan fingerprint density at radius 3 is 3.17 bits per heavy atom. The van der Waals surface area contributed by atoms with E-state index in [0.29, 0.717) is 23.4 Å². The lowest BCUT2D eigenvalue weighted by molar-refractivity contribution is 0.0594. The van der Waals surface area contributed by atoms with E-state index in [1.807, 2.05) is 6.92 Å². The van der Waals surface area contributed by atoms with E-state index in [2.05, 4.69) is 20.4 Å². The van der Waals surface area contributed by atoms with Gasteiger partial charge in [-0.25, -0.2) is 4.98 Å². The van der Waals surface area contributed by atoms with Gasteiger partial charge in [-0.2, -0.15) is 5.10 Å². The van der Waals surface area contributed by atoms with Gasteiger partial charge in [0.2, 0.25) is 5.95 Å². The summed E-state index contributed by atoms with van der Waals surface area (Å²) in [5.74, 6) is 1.01. The third-order valence-corrected chi connectivity index (χ3v) is 4.34. The maximum atomic E-state index is 11.9. The molecule has 7 nitrogen and oxygen atoms in total. The average Bonchev–Trinajstić information content (AvgIpc) is 2.98. The number of nitrogens with zero attached hydrogens (tertiary/aromatic N) is 3. The summed E-state index contributed by atoms with van der Waals surface area (Å²) in [5, 5.41) is 7.99. The molecule has 0 unspecified atom stereocenters. The highest BCUT2D eigenvalue weighted by Crippen LogP contribution is 2.17. The van der Waals surface area contributed by atoms with E-state index >= 15 is 0 Å². The van der Waals surface area contributed by atoms with E-state index in [9.17, 15) is 4.79 Å². The first-order valence-corrected chi connectivity index (χ1v) is 8.59. The van der Waals surface area contributed by atoms with Crippen LogP contribution in [0.5, 0.6) is 0 Å². The second-order valence-corrected chi connectivity index (χ2v) is 6.70. The molecule has 1 aliphatic heterocycles. The summed E-state index contributed by atoms with van der Waals surface area (Å²) in [7, 11) is 0. The Balaban J connectivity index is 1.65. The molecule has 3 heterocycles. The first-order valence-electron chi connectivity index (χ1n) is 8.21. The molecule has 0 bridgehead atoms. The van der Waals surface area contributed by atoms with E-state index in [-0.39, 0.29) is 11.5 Å². The molecule has 1 fully saturated rings. The van der Waals surface area contributed by atoms with E-state index in [4.69, 9.17) is 16.3 Å². The normalized spacial score (nSPS) is 19.2. The number of aromatic nitrogens is 4. The molecule has 130 valence electrons. The minimum absolute atomic E-state index is 0.0434. The number of hydrogen-bond donors (Lipinski definition) is 2. The zero-order valence-corrected chi connectivity index (χ0v) is 14.4. The zero-order valence-electron chi connectivity index (χ0n) is 13.7. The van der Waals surface area contributed by atoms with Crippen molar-refractivity contribution in [1.82, 2.24) is 19.7 Å². The maximum Gasteiger partial charge on any atom is 0.252 e. The van der Waals surface area contributed by atoms with Crippen LogP contribution in [0.2, 0.25) is 5.02 Å². The third-order valence-electron chi connectivity index (χ3n) is 4.14. The van der Waals surface area contributed by atoms with Crippen LogP contribution in [0.25, 0.3) is 0 Å². The fourth-order valence-corrected chi connectivity index (χ4v) is 2.99. The maximum absolute atomic E-state index is 11.9. The van der Waals surface area contributed by atoms with Crippen molar-refractivity contribution in [3.05, 3.63) is 39.5 Å². The number of nitrogens with one attached hydrogen (secondary N) is 2. The summed E-state index contributed by atoms with van der Waals surface area (Å²) in [5.41, 5.74) is 0.570. The summed E-state index contributed by atoms with van der Waals surface area (Å²) in [6.07, 6.45) is 5.57. The molecule has 8 heteroatoms. The smallest absolute Gasteiger partial charge is 0.252 e. The number of hydrogen-bond acceptors (Lipinski definition) is 5. The van der Waals surface area contributed by atoms with Crippen molar-refractivity contribution in [3.63, 3.8) is 0 Å². The molecule has 24 heavy (non-hydrogen) atoms. The summed E-state index contributed by atoms with van der Waals surface area (Å²) < 4.78 is 7.22.